The highest BCUT2D eigenvalue weighted by atomic mass is 32.2. The highest BCUT2D eigenvalue weighted by Gasteiger charge is 2.23. The van der Waals surface area contributed by atoms with Gasteiger partial charge in [-0.25, -0.2) is 13.1 Å². The van der Waals surface area contributed by atoms with Crippen molar-refractivity contribution in [3.05, 3.63) is 28.7 Å². The molecule has 1 aliphatic rings. The van der Waals surface area contributed by atoms with Crippen LogP contribution in [0.5, 0.6) is 0 Å². The van der Waals surface area contributed by atoms with E-state index in [9.17, 15) is 13.2 Å². The minimum Gasteiger partial charge on any atom is -0.381 e. The van der Waals surface area contributed by atoms with Gasteiger partial charge in [-0.05, 0) is 25.0 Å². The van der Waals surface area contributed by atoms with Gasteiger partial charge in [0, 0.05) is 25.5 Å². The Bertz CT molecular complexity index is 531. The third kappa shape index (κ3) is 2.93. The second-order valence-corrected chi connectivity index (χ2v) is 5.55. The number of ether oxygens (including phenoxy) is 1. The Kier molecular flexibility index (Phi) is 3.60. The van der Waals surface area contributed by atoms with E-state index in [1.165, 1.54) is 18.3 Å². The molecule has 1 aromatic heterocycles. The van der Waals surface area contributed by atoms with Gasteiger partial charge in [0.15, 0.2) is 0 Å². The summed E-state index contributed by atoms with van der Waals surface area (Å²) in [4.78, 5) is 13.5. The number of hydrogen-bond donors (Lipinski definition) is 2. The van der Waals surface area contributed by atoms with Crippen LogP contribution in [0.1, 0.15) is 12.8 Å². The minimum absolute atomic E-state index is 0.159. The second kappa shape index (κ2) is 4.99. The van der Waals surface area contributed by atoms with Gasteiger partial charge in [0.05, 0.1) is 0 Å². The van der Waals surface area contributed by atoms with E-state index < -0.39 is 15.6 Å². The van der Waals surface area contributed by atoms with Crippen LogP contribution in [0.4, 0.5) is 0 Å². The molecular weight excluding hydrogens is 244 g/mol. The molecule has 1 aliphatic heterocycles. The molecule has 0 atom stereocenters. The standard InChI is InChI=1S/C10H14N2O4S/c13-10-9(2-1-5-11-10)17(14,15)12-8-3-6-16-7-4-8/h1-2,5,8,12H,3-4,6-7H2,(H,11,13). The first-order valence-electron chi connectivity index (χ1n) is 5.37. The Morgan fingerprint density at radius 3 is 2.71 bits per heavy atom. The molecule has 7 heteroatoms. The Balaban J connectivity index is 2.19. The monoisotopic (exact) mass is 258 g/mol. The lowest BCUT2D eigenvalue weighted by atomic mass is 10.1. The molecule has 1 aromatic rings. The molecule has 1 saturated heterocycles. The van der Waals surface area contributed by atoms with Crippen LogP contribution in [0.3, 0.4) is 0 Å². The number of aromatic nitrogens is 1. The smallest absolute Gasteiger partial charge is 0.268 e. The zero-order valence-electron chi connectivity index (χ0n) is 9.18. The molecule has 94 valence electrons. The molecule has 2 N–H and O–H groups in total. The van der Waals surface area contributed by atoms with E-state index in [0.29, 0.717) is 26.1 Å². The van der Waals surface area contributed by atoms with Crippen LogP contribution in [-0.4, -0.2) is 32.7 Å². The number of hydrogen-bond acceptors (Lipinski definition) is 4. The molecule has 0 aromatic carbocycles. The molecule has 0 bridgehead atoms. The Hall–Kier alpha value is -1.18. The van der Waals surface area contributed by atoms with Gasteiger partial charge in [-0.1, -0.05) is 0 Å². The van der Waals surface area contributed by atoms with E-state index in [1.807, 2.05) is 0 Å². The summed E-state index contributed by atoms with van der Waals surface area (Å²) in [6, 6.07) is 2.62. The molecule has 0 aliphatic carbocycles. The van der Waals surface area contributed by atoms with Gasteiger partial charge in [0.25, 0.3) is 5.56 Å². The van der Waals surface area contributed by atoms with Crippen LogP contribution in [0, 0.1) is 0 Å². The Morgan fingerprint density at radius 2 is 2.06 bits per heavy atom. The van der Waals surface area contributed by atoms with Crippen LogP contribution >= 0.6 is 0 Å². The number of H-pyrrole nitrogens is 1. The van der Waals surface area contributed by atoms with E-state index in [0.717, 1.165) is 0 Å². The van der Waals surface area contributed by atoms with E-state index in [-0.39, 0.29) is 10.9 Å². The number of rotatable bonds is 3. The quantitative estimate of drug-likeness (QED) is 0.788. The van der Waals surface area contributed by atoms with Gasteiger partial charge >= 0.3 is 0 Å². The minimum atomic E-state index is -3.74. The molecule has 2 heterocycles. The maximum absolute atomic E-state index is 11.9. The van der Waals surface area contributed by atoms with Crippen molar-refractivity contribution in [1.82, 2.24) is 9.71 Å². The average molecular weight is 258 g/mol. The van der Waals surface area contributed by atoms with Crippen molar-refractivity contribution in [3.63, 3.8) is 0 Å². The third-order valence-electron chi connectivity index (χ3n) is 2.61. The first-order valence-corrected chi connectivity index (χ1v) is 6.86. The zero-order valence-corrected chi connectivity index (χ0v) is 10.00. The third-order valence-corrected chi connectivity index (χ3v) is 4.16. The van der Waals surface area contributed by atoms with Gasteiger partial charge in [-0.15, -0.1) is 0 Å². The van der Waals surface area contributed by atoms with Crippen molar-refractivity contribution in [2.45, 2.75) is 23.8 Å². The summed E-state index contributed by atoms with van der Waals surface area (Å²) in [6.07, 6.45) is 2.66. The average Bonchev–Trinajstić information content (AvgIpc) is 2.30. The van der Waals surface area contributed by atoms with Crippen LogP contribution in [-0.2, 0) is 14.8 Å². The van der Waals surface area contributed by atoms with Gasteiger partial charge in [0.1, 0.15) is 4.90 Å². The fraction of sp³-hybridized carbons (Fsp3) is 0.500. The fourth-order valence-electron chi connectivity index (χ4n) is 1.72. The fourth-order valence-corrected chi connectivity index (χ4v) is 3.08. The molecule has 1 fully saturated rings. The van der Waals surface area contributed by atoms with Crippen molar-refractivity contribution in [2.24, 2.45) is 0 Å². The molecular formula is C10H14N2O4S. The summed E-state index contributed by atoms with van der Waals surface area (Å²) in [5.74, 6) is 0. The predicted molar refractivity (Wildman–Crippen MR) is 61.2 cm³/mol. The topological polar surface area (TPSA) is 88.3 Å². The summed E-state index contributed by atoms with van der Waals surface area (Å²) >= 11 is 0. The largest absolute Gasteiger partial charge is 0.381 e. The number of pyridine rings is 1. The zero-order chi connectivity index (χ0) is 12.3. The molecule has 2 rings (SSSR count). The maximum atomic E-state index is 11.9. The second-order valence-electron chi connectivity index (χ2n) is 3.87. The van der Waals surface area contributed by atoms with Gasteiger partial charge < -0.3 is 9.72 Å². The first-order chi connectivity index (χ1) is 8.09. The molecule has 0 unspecified atom stereocenters. The van der Waals surface area contributed by atoms with Crippen LogP contribution in [0.25, 0.3) is 0 Å². The molecule has 17 heavy (non-hydrogen) atoms. The lowest BCUT2D eigenvalue weighted by Crippen LogP contribution is -2.40. The van der Waals surface area contributed by atoms with Crippen molar-refractivity contribution >= 4 is 10.0 Å². The number of sulfonamides is 1. The van der Waals surface area contributed by atoms with Gasteiger partial charge in [0.2, 0.25) is 10.0 Å². The van der Waals surface area contributed by atoms with Crippen LogP contribution in [0.2, 0.25) is 0 Å². The predicted octanol–water partition coefficient (Wildman–Crippen LogP) is -0.168. The molecule has 6 nitrogen and oxygen atoms in total. The summed E-state index contributed by atoms with van der Waals surface area (Å²) in [5.41, 5.74) is -0.605. The van der Waals surface area contributed by atoms with E-state index in [1.54, 1.807) is 0 Å². The summed E-state index contributed by atoms with van der Waals surface area (Å²) in [7, 11) is -3.74. The lowest BCUT2D eigenvalue weighted by molar-refractivity contribution is 0.0832. The normalized spacial score (nSPS) is 18.1. The maximum Gasteiger partial charge on any atom is 0.268 e. The summed E-state index contributed by atoms with van der Waals surface area (Å²) in [6.45, 7) is 1.08. The lowest BCUT2D eigenvalue weighted by Gasteiger charge is -2.22. The highest BCUT2D eigenvalue weighted by molar-refractivity contribution is 7.89. The van der Waals surface area contributed by atoms with Crippen molar-refractivity contribution in [3.8, 4) is 0 Å². The van der Waals surface area contributed by atoms with Gasteiger partial charge in [-0.2, -0.15) is 0 Å². The number of nitrogens with one attached hydrogen (secondary N) is 2. The Morgan fingerprint density at radius 1 is 1.35 bits per heavy atom. The highest BCUT2D eigenvalue weighted by Crippen LogP contribution is 2.10. The van der Waals surface area contributed by atoms with E-state index in [4.69, 9.17) is 4.74 Å². The SMILES string of the molecule is O=c1[nH]cccc1S(=O)(=O)NC1CCOCC1. The van der Waals surface area contributed by atoms with E-state index in [2.05, 4.69) is 9.71 Å². The molecule has 0 saturated carbocycles. The molecule has 0 amide bonds. The van der Waals surface area contributed by atoms with Crippen molar-refractivity contribution in [1.29, 1.82) is 0 Å². The van der Waals surface area contributed by atoms with E-state index >= 15 is 0 Å². The molecule has 0 radical (unpaired) electrons. The summed E-state index contributed by atoms with van der Waals surface area (Å²) in [5, 5.41) is 0. The summed E-state index contributed by atoms with van der Waals surface area (Å²) < 4.78 is 31.6. The Labute approximate surface area is 99.1 Å². The van der Waals surface area contributed by atoms with Gasteiger partial charge in [-0.3, -0.25) is 4.79 Å². The van der Waals surface area contributed by atoms with Crippen molar-refractivity contribution < 1.29 is 13.2 Å². The molecule has 0 spiro atoms. The van der Waals surface area contributed by atoms with Crippen LogP contribution < -0.4 is 10.3 Å². The van der Waals surface area contributed by atoms with Crippen molar-refractivity contribution in [2.75, 3.05) is 13.2 Å². The first kappa shape index (κ1) is 12.3. The van der Waals surface area contributed by atoms with Crippen LogP contribution in [0.15, 0.2) is 28.0 Å². The number of aromatic amines is 1.